The van der Waals surface area contributed by atoms with Gasteiger partial charge in [0, 0.05) is 5.56 Å². The van der Waals surface area contributed by atoms with Gasteiger partial charge >= 0.3 is 0 Å². The molecule has 0 heterocycles. The van der Waals surface area contributed by atoms with Crippen molar-refractivity contribution >= 4 is 5.84 Å². The molecule has 2 aromatic rings. The maximum Gasteiger partial charge on any atom is 0.173 e. The molecule has 0 amide bonds. The van der Waals surface area contributed by atoms with Gasteiger partial charge in [-0.25, -0.2) is 4.39 Å². The smallest absolute Gasteiger partial charge is 0.173 e. The molecule has 0 saturated heterocycles. The number of hydrogen-bond donors (Lipinski definition) is 2. The first kappa shape index (κ1) is 14.8. The van der Waals surface area contributed by atoms with Crippen LogP contribution in [-0.2, 0) is 6.61 Å². The quantitative estimate of drug-likeness (QED) is 0.393. The third kappa shape index (κ3) is 3.31. The minimum Gasteiger partial charge on any atom is -0.489 e. The highest BCUT2D eigenvalue weighted by atomic mass is 19.1. The summed E-state index contributed by atoms with van der Waals surface area (Å²) < 4.78 is 19.9. The molecule has 0 unspecified atom stereocenters. The predicted molar refractivity (Wildman–Crippen MR) is 79.2 cm³/mol. The zero-order valence-corrected chi connectivity index (χ0v) is 11.9. The van der Waals surface area contributed by atoms with Crippen molar-refractivity contribution in [3.63, 3.8) is 0 Å². The van der Waals surface area contributed by atoms with Crippen molar-refractivity contribution in [2.75, 3.05) is 0 Å². The van der Waals surface area contributed by atoms with Crippen LogP contribution in [0.25, 0.3) is 0 Å². The Kier molecular flexibility index (Phi) is 4.42. The number of hydrogen-bond acceptors (Lipinski definition) is 3. The lowest BCUT2D eigenvalue weighted by Crippen LogP contribution is -2.16. The minimum absolute atomic E-state index is 0.0548. The second kappa shape index (κ2) is 6.26. The molecule has 0 spiro atoms. The number of aryl methyl sites for hydroxylation is 2. The van der Waals surface area contributed by atoms with Crippen LogP contribution in [0.4, 0.5) is 4.39 Å². The summed E-state index contributed by atoms with van der Waals surface area (Å²) >= 11 is 0. The van der Waals surface area contributed by atoms with E-state index in [2.05, 4.69) is 5.16 Å². The van der Waals surface area contributed by atoms with Gasteiger partial charge in [0.2, 0.25) is 0 Å². The number of benzene rings is 2. The Bertz CT molecular complexity index is 684. The van der Waals surface area contributed by atoms with E-state index in [4.69, 9.17) is 15.7 Å². The molecule has 5 heteroatoms. The number of nitrogens with zero attached hydrogens (tertiary/aromatic N) is 1. The van der Waals surface area contributed by atoms with Gasteiger partial charge in [0.1, 0.15) is 18.2 Å². The molecule has 0 saturated carbocycles. The highest BCUT2D eigenvalue weighted by Crippen LogP contribution is 2.21. The monoisotopic (exact) mass is 288 g/mol. The van der Waals surface area contributed by atoms with Gasteiger partial charge in [-0.3, -0.25) is 0 Å². The molecule has 0 aliphatic heterocycles. The van der Waals surface area contributed by atoms with E-state index < -0.39 is 5.82 Å². The van der Waals surface area contributed by atoms with Crippen LogP contribution in [0.5, 0.6) is 5.75 Å². The molecule has 110 valence electrons. The molecule has 0 bridgehead atoms. The van der Waals surface area contributed by atoms with Crippen molar-refractivity contribution in [3.8, 4) is 5.75 Å². The minimum atomic E-state index is -0.544. The summed E-state index contributed by atoms with van der Waals surface area (Å²) in [5.74, 6) is -0.104. The van der Waals surface area contributed by atoms with E-state index in [-0.39, 0.29) is 18.0 Å². The van der Waals surface area contributed by atoms with Crippen molar-refractivity contribution in [2.45, 2.75) is 20.5 Å². The summed E-state index contributed by atoms with van der Waals surface area (Å²) in [5.41, 5.74) is 7.96. The Balaban J connectivity index is 2.21. The third-order valence-corrected chi connectivity index (χ3v) is 3.18. The lowest BCUT2D eigenvalue weighted by molar-refractivity contribution is 0.297. The molecule has 0 fully saturated rings. The van der Waals surface area contributed by atoms with Gasteiger partial charge < -0.3 is 15.7 Å². The summed E-state index contributed by atoms with van der Waals surface area (Å²) in [7, 11) is 0. The van der Waals surface area contributed by atoms with Gasteiger partial charge in [-0.05, 0) is 31.5 Å². The van der Waals surface area contributed by atoms with Crippen LogP contribution in [-0.4, -0.2) is 11.0 Å². The molecule has 0 aliphatic rings. The van der Waals surface area contributed by atoms with E-state index in [1.54, 1.807) is 12.1 Å². The van der Waals surface area contributed by atoms with E-state index in [1.165, 1.54) is 6.07 Å². The second-order valence-corrected chi connectivity index (χ2v) is 4.82. The van der Waals surface area contributed by atoms with Gasteiger partial charge in [0.05, 0.1) is 5.56 Å². The van der Waals surface area contributed by atoms with Crippen LogP contribution in [0.1, 0.15) is 22.3 Å². The van der Waals surface area contributed by atoms with Gasteiger partial charge in [0.15, 0.2) is 5.84 Å². The van der Waals surface area contributed by atoms with Crippen LogP contribution < -0.4 is 10.5 Å². The number of halogens is 1. The Hall–Kier alpha value is -2.56. The average Bonchev–Trinajstić information content (AvgIpc) is 2.47. The van der Waals surface area contributed by atoms with Crippen molar-refractivity contribution in [3.05, 3.63) is 64.5 Å². The molecule has 3 N–H and O–H groups in total. The first-order valence-electron chi connectivity index (χ1n) is 6.48. The second-order valence-electron chi connectivity index (χ2n) is 4.82. The Morgan fingerprint density at radius 1 is 1.29 bits per heavy atom. The molecule has 2 rings (SSSR count). The zero-order valence-electron chi connectivity index (χ0n) is 11.9. The molecule has 0 atom stereocenters. The maximum absolute atomic E-state index is 14.2. The number of oxime groups is 1. The third-order valence-electron chi connectivity index (χ3n) is 3.18. The lowest BCUT2D eigenvalue weighted by atomic mass is 10.1. The normalized spacial score (nSPS) is 11.5. The number of nitrogens with two attached hydrogens (primary N) is 1. The average molecular weight is 288 g/mol. The summed E-state index contributed by atoms with van der Waals surface area (Å²) in [6.45, 7) is 4.00. The van der Waals surface area contributed by atoms with Crippen LogP contribution >= 0.6 is 0 Å². The van der Waals surface area contributed by atoms with E-state index in [0.717, 1.165) is 11.1 Å². The molecule has 2 aromatic carbocycles. The molecule has 21 heavy (non-hydrogen) atoms. The van der Waals surface area contributed by atoms with Crippen LogP contribution in [0.3, 0.4) is 0 Å². The van der Waals surface area contributed by atoms with Gasteiger partial charge in [-0.15, -0.1) is 0 Å². The largest absolute Gasteiger partial charge is 0.489 e. The first-order valence-corrected chi connectivity index (χ1v) is 6.48. The molecular formula is C16H17FN2O2. The fraction of sp³-hybridized carbons (Fsp3) is 0.188. The first-order chi connectivity index (χ1) is 10.0. The van der Waals surface area contributed by atoms with E-state index >= 15 is 0 Å². The Morgan fingerprint density at radius 2 is 2.05 bits per heavy atom. The van der Waals surface area contributed by atoms with E-state index in [1.807, 2.05) is 32.0 Å². The maximum atomic E-state index is 14.2. The van der Waals surface area contributed by atoms with Gasteiger partial charge in [-0.2, -0.15) is 0 Å². The van der Waals surface area contributed by atoms with Crippen molar-refractivity contribution in [2.24, 2.45) is 10.9 Å². The Labute approximate surface area is 122 Å². The number of amidine groups is 1. The lowest BCUT2D eigenvalue weighted by Gasteiger charge is -2.11. The topological polar surface area (TPSA) is 67.8 Å². The van der Waals surface area contributed by atoms with Crippen LogP contribution in [0.15, 0.2) is 41.6 Å². The molecule has 0 radical (unpaired) electrons. The van der Waals surface area contributed by atoms with Gasteiger partial charge in [0.25, 0.3) is 0 Å². The zero-order chi connectivity index (χ0) is 15.4. The van der Waals surface area contributed by atoms with Crippen LogP contribution in [0.2, 0.25) is 0 Å². The number of rotatable bonds is 4. The van der Waals surface area contributed by atoms with Crippen molar-refractivity contribution in [1.29, 1.82) is 0 Å². The fourth-order valence-electron chi connectivity index (χ4n) is 2.06. The molecule has 0 aromatic heterocycles. The predicted octanol–water partition coefficient (Wildman–Crippen LogP) is 3.12. The van der Waals surface area contributed by atoms with Crippen LogP contribution in [0, 0.1) is 19.7 Å². The summed E-state index contributed by atoms with van der Waals surface area (Å²) in [4.78, 5) is 0. The highest BCUT2D eigenvalue weighted by molar-refractivity contribution is 5.97. The molecular weight excluding hydrogens is 271 g/mol. The standard InChI is InChI=1S/C16H17FN2O2/c1-10-6-7-14(11(2)8-10)21-9-12-4-3-5-13(15(12)17)16(18)19-20/h3-8,20H,9H2,1-2H3,(H2,18,19). The fourth-order valence-corrected chi connectivity index (χ4v) is 2.06. The van der Waals surface area contributed by atoms with Crippen molar-refractivity contribution in [1.82, 2.24) is 0 Å². The van der Waals surface area contributed by atoms with Gasteiger partial charge in [-0.1, -0.05) is 35.0 Å². The SMILES string of the molecule is Cc1ccc(OCc2cccc(/C(N)=N/O)c2F)c(C)c1. The summed E-state index contributed by atoms with van der Waals surface area (Å²) in [6, 6.07) is 10.5. The Morgan fingerprint density at radius 3 is 2.71 bits per heavy atom. The molecule has 4 nitrogen and oxygen atoms in total. The van der Waals surface area contributed by atoms with E-state index in [0.29, 0.717) is 11.3 Å². The molecule has 0 aliphatic carbocycles. The summed E-state index contributed by atoms with van der Waals surface area (Å²) in [6.07, 6.45) is 0. The number of ether oxygens (including phenoxy) is 1. The highest BCUT2D eigenvalue weighted by Gasteiger charge is 2.12. The van der Waals surface area contributed by atoms with Crippen molar-refractivity contribution < 1.29 is 14.3 Å². The summed E-state index contributed by atoms with van der Waals surface area (Å²) in [5, 5.41) is 11.5. The van der Waals surface area contributed by atoms with E-state index in [9.17, 15) is 4.39 Å².